The third kappa shape index (κ3) is 3.73. The quantitative estimate of drug-likeness (QED) is 0.834. The summed E-state index contributed by atoms with van der Waals surface area (Å²) in [6.45, 7) is 1.47. The van der Waals surface area contributed by atoms with Crippen LogP contribution in [0.1, 0.15) is 25.7 Å². The van der Waals surface area contributed by atoms with E-state index < -0.39 is 11.7 Å². The van der Waals surface area contributed by atoms with Crippen molar-refractivity contribution in [3.05, 3.63) is 18.2 Å². The van der Waals surface area contributed by atoms with E-state index in [1.807, 2.05) is 4.90 Å². The van der Waals surface area contributed by atoms with Crippen molar-refractivity contribution in [1.29, 1.82) is 0 Å². The Kier molecular flexibility index (Phi) is 4.41. The van der Waals surface area contributed by atoms with Crippen LogP contribution in [-0.4, -0.2) is 52.9 Å². The fourth-order valence-corrected chi connectivity index (χ4v) is 3.11. The van der Waals surface area contributed by atoms with Crippen LogP contribution in [0.15, 0.2) is 12.4 Å². The number of halogens is 3. The van der Waals surface area contributed by atoms with Gasteiger partial charge in [-0.15, -0.1) is 0 Å². The second kappa shape index (κ2) is 6.33. The van der Waals surface area contributed by atoms with E-state index in [2.05, 4.69) is 9.97 Å². The number of amides is 1. The maximum absolute atomic E-state index is 13.2. The Morgan fingerprint density at radius 1 is 1.09 bits per heavy atom. The minimum atomic E-state index is -2.64. The molecule has 0 spiro atoms. The lowest BCUT2D eigenvalue weighted by Crippen LogP contribution is -2.47. The molecule has 23 heavy (non-hydrogen) atoms. The molecule has 1 aromatic heterocycles. The van der Waals surface area contributed by atoms with E-state index in [0.29, 0.717) is 31.9 Å². The van der Waals surface area contributed by atoms with Crippen molar-refractivity contribution in [2.75, 3.05) is 31.1 Å². The monoisotopic (exact) mass is 328 g/mol. The zero-order chi connectivity index (χ0) is 16.4. The number of nitrogens with zero attached hydrogens (tertiary/aromatic N) is 4. The minimum Gasteiger partial charge on any atom is -0.342 e. The maximum atomic E-state index is 13.2. The van der Waals surface area contributed by atoms with Gasteiger partial charge in [0.25, 0.3) is 5.92 Å². The molecule has 0 saturated carbocycles. The summed E-state index contributed by atoms with van der Waals surface area (Å²) in [5.74, 6) is -2.84. The standard InChI is InChI=1S/C15H19F3N4O/c16-12-9-19-14(20-10-12)22-5-1-11(2-6-22)13(23)21-7-3-15(17,18)4-8-21/h9-11H,1-8H2. The molecule has 2 aliphatic heterocycles. The summed E-state index contributed by atoms with van der Waals surface area (Å²) in [7, 11) is 0. The normalized spacial score (nSPS) is 22.2. The van der Waals surface area contributed by atoms with Gasteiger partial charge in [-0.3, -0.25) is 4.79 Å². The van der Waals surface area contributed by atoms with Gasteiger partial charge in [0, 0.05) is 44.9 Å². The first-order valence-corrected chi connectivity index (χ1v) is 7.84. The summed E-state index contributed by atoms with van der Waals surface area (Å²) in [5, 5.41) is 0. The Labute approximate surface area is 132 Å². The smallest absolute Gasteiger partial charge is 0.251 e. The number of anilines is 1. The predicted molar refractivity (Wildman–Crippen MR) is 77.7 cm³/mol. The minimum absolute atomic E-state index is 0.0276. The van der Waals surface area contributed by atoms with Crippen LogP contribution in [0.25, 0.3) is 0 Å². The summed E-state index contributed by atoms with van der Waals surface area (Å²) in [6.07, 6.45) is 3.00. The van der Waals surface area contributed by atoms with Crippen LogP contribution in [0.4, 0.5) is 19.1 Å². The highest BCUT2D eigenvalue weighted by Gasteiger charge is 2.38. The van der Waals surface area contributed by atoms with Crippen molar-refractivity contribution >= 4 is 11.9 Å². The number of aromatic nitrogens is 2. The highest BCUT2D eigenvalue weighted by molar-refractivity contribution is 5.79. The molecule has 0 aromatic carbocycles. The molecule has 5 nitrogen and oxygen atoms in total. The predicted octanol–water partition coefficient (Wildman–Crippen LogP) is 2.09. The van der Waals surface area contributed by atoms with Crippen molar-refractivity contribution in [3.63, 3.8) is 0 Å². The molecule has 1 amide bonds. The van der Waals surface area contributed by atoms with Crippen LogP contribution in [0, 0.1) is 11.7 Å². The van der Waals surface area contributed by atoms with Gasteiger partial charge in [-0.2, -0.15) is 0 Å². The van der Waals surface area contributed by atoms with Crippen LogP contribution in [0.5, 0.6) is 0 Å². The fourth-order valence-electron chi connectivity index (χ4n) is 3.11. The average molecular weight is 328 g/mol. The number of hydrogen-bond acceptors (Lipinski definition) is 4. The van der Waals surface area contributed by atoms with Crippen molar-refractivity contribution in [2.45, 2.75) is 31.6 Å². The van der Waals surface area contributed by atoms with Crippen LogP contribution >= 0.6 is 0 Å². The molecule has 2 aliphatic rings. The zero-order valence-electron chi connectivity index (χ0n) is 12.7. The third-order valence-corrected chi connectivity index (χ3v) is 4.54. The molecule has 1 aromatic rings. The number of carbonyl (C=O) groups is 1. The van der Waals surface area contributed by atoms with Gasteiger partial charge in [-0.1, -0.05) is 0 Å². The number of likely N-dealkylation sites (tertiary alicyclic amines) is 1. The van der Waals surface area contributed by atoms with Crippen molar-refractivity contribution in [2.24, 2.45) is 5.92 Å². The van der Waals surface area contributed by atoms with Gasteiger partial charge in [0.1, 0.15) is 0 Å². The zero-order valence-corrected chi connectivity index (χ0v) is 12.7. The van der Waals surface area contributed by atoms with E-state index in [1.165, 1.54) is 0 Å². The van der Waals surface area contributed by atoms with Crippen LogP contribution in [0.2, 0.25) is 0 Å². The van der Waals surface area contributed by atoms with Gasteiger partial charge in [0.2, 0.25) is 11.9 Å². The second-order valence-electron chi connectivity index (χ2n) is 6.14. The van der Waals surface area contributed by atoms with Crippen molar-refractivity contribution in [1.82, 2.24) is 14.9 Å². The van der Waals surface area contributed by atoms with E-state index in [1.54, 1.807) is 4.90 Å². The molecule has 126 valence electrons. The van der Waals surface area contributed by atoms with E-state index in [0.717, 1.165) is 12.4 Å². The molecule has 0 unspecified atom stereocenters. The summed E-state index contributed by atoms with van der Waals surface area (Å²) in [5.41, 5.74) is 0. The molecular formula is C15H19F3N4O. The Bertz CT molecular complexity index is 548. The number of carbonyl (C=O) groups excluding carboxylic acids is 1. The number of hydrogen-bond donors (Lipinski definition) is 0. The molecule has 2 fully saturated rings. The van der Waals surface area contributed by atoms with Gasteiger partial charge in [0.05, 0.1) is 12.4 Å². The Hall–Kier alpha value is -1.86. The highest BCUT2D eigenvalue weighted by Crippen LogP contribution is 2.30. The Morgan fingerprint density at radius 2 is 1.65 bits per heavy atom. The van der Waals surface area contributed by atoms with Crippen LogP contribution in [0.3, 0.4) is 0 Å². The van der Waals surface area contributed by atoms with Crippen molar-refractivity contribution < 1.29 is 18.0 Å². The van der Waals surface area contributed by atoms with Gasteiger partial charge in [-0.05, 0) is 12.8 Å². The number of alkyl halides is 2. The maximum Gasteiger partial charge on any atom is 0.251 e. The van der Waals surface area contributed by atoms with E-state index >= 15 is 0 Å². The molecule has 0 atom stereocenters. The summed E-state index contributed by atoms with van der Waals surface area (Å²) < 4.78 is 39.2. The molecule has 8 heteroatoms. The van der Waals surface area contributed by atoms with E-state index in [-0.39, 0.29) is 37.8 Å². The van der Waals surface area contributed by atoms with Crippen molar-refractivity contribution in [3.8, 4) is 0 Å². The average Bonchev–Trinajstić information content (AvgIpc) is 2.55. The Balaban J connectivity index is 1.52. The lowest BCUT2D eigenvalue weighted by atomic mass is 9.94. The molecule has 0 bridgehead atoms. The lowest BCUT2D eigenvalue weighted by Gasteiger charge is -2.37. The fraction of sp³-hybridized carbons (Fsp3) is 0.667. The molecule has 0 aliphatic carbocycles. The first-order valence-electron chi connectivity index (χ1n) is 7.84. The number of piperidine rings is 2. The van der Waals surface area contributed by atoms with Gasteiger partial charge < -0.3 is 9.80 Å². The lowest BCUT2D eigenvalue weighted by molar-refractivity contribution is -0.142. The third-order valence-electron chi connectivity index (χ3n) is 4.54. The molecule has 0 N–H and O–H groups in total. The molecule has 2 saturated heterocycles. The Morgan fingerprint density at radius 3 is 2.22 bits per heavy atom. The molecule has 3 rings (SSSR count). The number of rotatable bonds is 2. The largest absolute Gasteiger partial charge is 0.342 e. The van der Waals surface area contributed by atoms with E-state index in [9.17, 15) is 18.0 Å². The van der Waals surface area contributed by atoms with Gasteiger partial charge in [0.15, 0.2) is 5.82 Å². The van der Waals surface area contributed by atoms with Crippen LogP contribution < -0.4 is 4.90 Å². The molecule has 3 heterocycles. The molecular weight excluding hydrogens is 309 g/mol. The van der Waals surface area contributed by atoms with Crippen LogP contribution in [-0.2, 0) is 4.79 Å². The van der Waals surface area contributed by atoms with Gasteiger partial charge >= 0.3 is 0 Å². The van der Waals surface area contributed by atoms with Gasteiger partial charge in [-0.25, -0.2) is 23.1 Å². The first kappa shape index (κ1) is 16.0. The SMILES string of the molecule is O=C(C1CCN(c2ncc(F)cn2)CC1)N1CCC(F)(F)CC1. The summed E-state index contributed by atoms with van der Waals surface area (Å²) >= 11 is 0. The highest BCUT2D eigenvalue weighted by atomic mass is 19.3. The van der Waals surface area contributed by atoms with E-state index in [4.69, 9.17) is 0 Å². The summed E-state index contributed by atoms with van der Waals surface area (Å²) in [4.78, 5) is 23.8. The first-order chi connectivity index (χ1) is 10.9. The topological polar surface area (TPSA) is 49.3 Å². The summed E-state index contributed by atoms with van der Waals surface area (Å²) in [6, 6.07) is 0. The molecule has 0 radical (unpaired) electrons. The second-order valence-corrected chi connectivity index (χ2v) is 6.14.